The minimum absolute atomic E-state index is 0.0451. The second kappa shape index (κ2) is 6.22. The van der Waals surface area contributed by atoms with Gasteiger partial charge in [-0.3, -0.25) is 4.79 Å². The minimum atomic E-state index is -0.0451. The first-order chi connectivity index (χ1) is 10.7. The summed E-state index contributed by atoms with van der Waals surface area (Å²) in [7, 11) is 0. The van der Waals surface area contributed by atoms with E-state index in [-0.39, 0.29) is 5.78 Å². The SMILES string of the molecule is Cc1cccc(C(=O)/C(=C/c2ccccc2)n2cccn2)c1. The van der Waals surface area contributed by atoms with Crippen LogP contribution in [-0.4, -0.2) is 15.6 Å². The Hall–Kier alpha value is -2.94. The van der Waals surface area contributed by atoms with E-state index in [0.717, 1.165) is 11.1 Å². The predicted molar refractivity (Wildman–Crippen MR) is 88.3 cm³/mol. The van der Waals surface area contributed by atoms with Crippen molar-refractivity contribution in [1.82, 2.24) is 9.78 Å². The van der Waals surface area contributed by atoms with Gasteiger partial charge in [0.15, 0.2) is 0 Å². The van der Waals surface area contributed by atoms with Gasteiger partial charge in [0, 0.05) is 18.0 Å². The Morgan fingerprint density at radius 1 is 1.05 bits per heavy atom. The maximum Gasteiger partial charge on any atom is 0.211 e. The number of rotatable bonds is 4. The predicted octanol–water partition coefficient (Wildman–Crippen LogP) is 4.07. The third kappa shape index (κ3) is 3.04. The average Bonchev–Trinajstić information content (AvgIpc) is 3.07. The van der Waals surface area contributed by atoms with Crippen LogP contribution in [0.4, 0.5) is 0 Å². The van der Waals surface area contributed by atoms with Gasteiger partial charge < -0.3 is 0 Å². The molecule has 3 heteroatoms. The molecule has 0 amide bonds. The number of hydrogen-bond acceptors (Lipinski definition) is 2. The smallest absolute Gasteiger partial charge is 0.211 e. The first-order valence-electron chi connectivity index (χ1n) is 7.12. The van der Waals surface area contributed by atoms with Crippen molar-refractivity contribution in [2.75, 3.05) is 0 Å². The number of carbonyl (C=O) groups is 1. The largest absolute Gasteiger partial charge is 0.287 e. The number of aromatic nitrogens is 2. The summed E-state index contributed by atoms with van der Waals surface area (Å²) in [6.45, 7) is 1.98. The summed E-state index contributed by atoms with van der Waals surface area (Å²) in [6.07, 6.45) is 5.31. The molecule has 22 heavy (non-hydrogen) atoms. The average molecular weight is 288 g/mol. The lowest BCUT2D eigenvalue weighted by atomic mass is 10.0. The lowest BCUT2D eigenvalue weighted by Crippen LogP contribution is -2.10. The Labute approximate surface area is 129 Å². The highest BCUT2D eigenvalue weighted by Gasteiger charge is 2.15. The lowest BCUT2D eigenvalue weighted by Gasteiger charge is -2.08. The van der Waals surface area contributed by atoms with Crippen molar-refractivity contribution < 1.29 is 4.79 Å². The molecule has 0 saturated carbocycles. The molecule has 3 nitrogen and oxygen atoms in total. The summed E-state index contributed by atoms with van der Waals surface area (Å²) >= 11 is 0. The van der Waals surface area contributed by atoms with Crippen LogP contribution in [0.3, 0.4) is 0 Å². The Balaban J connectivity index is 2.07. The van der Waals surface area contributed by atoms with Gasteiger partial charge in [0.05, 0.1) is 0 Å². The van der Waals surface area contributed by atoms with E-state index >= 15 is 0 Å². The van der Waals surface area contributed by atoms with Crippen LogP contribution in [0.1, 0.15) is 21.5 Å². The van der Waals surface area contributed by atoms with Gasteiger partial charge in [-0.2, -0.15) is 5.10 Å². The van der Waals surface area contributed by atoms with Crippen LogP contribution in [-0.2, 0) is 0 Å². The van der Waals surface area contributed by atoms with Crippen molar-refractivity contribution in [2.24, 2.45) is 0 Å². The van der Waals surface area contributed by atoms with Crippen LogP contribution in [0.5, 0.6) is 0 Å². The van der Waals surface area contributed by atoms with E-state index in [1.807, 2.05) is 73.7 Å². The molecule has 0 unspecified atom stereocenters. The molecule has 0 fully saturated rings. The molecular weight excluding hydrogens is 272 g/mol. The third-order valence-electron chi connectivity index (χ3n) is 3.37. The van der Waals surface area contributed by atoms with E-state index < -0.39 is 0 Å². The van der Waals surface area contributed by atoms with Gasteiger partial charge in [0.2, 0.25) is 5.78 Å². The van der Waals surface area contributed by atoms with E-state index in [1.54, 1.807) is 17.1 Å². The van der Waals surface area contributed by atoms with Crippen LogP contribution in [0, 0.1) is 6.92 Å². The summed E-state index contributed by atoms with van der Waals surface area (Å²) in [5, 5.41) is 4.21. The minimum Gasteiger partial charge on any atom is -0.287 e. The molecule has 0 bridgehead atoms. The normalized spacial score (nSPS) is 11.4. The van der Waals surface area contributed by atoms with Gasteiger partial charge >= 0.3 is 0 Å². The lowest BCUT2D eigenvalue weighted by molar-refractivity contribution is 0.105. The molecule has 0 aliphatic rings. The zero-order chi connectivity index (χ0) is 15.4. The van der Waals surface area contributed by atoms with Gasteiger partial charge in [-0.05, 0) is 30.7 Å². The molecule has 108 valence electrons. The van der Waals surface area contributed by atoms with Crippen LogP contribution in [0.15, 0.2) is 73.1 Å². The molecule has 1 aromatic heterocycles. The van der Waals surface area contributed by atoms with E-state index in [2.05, 4.69) is 5.10 Å². The standard InChI is InChI=1S/C19H16N2O/c1-15-7-5-10-17(13-15)19(22)18(21-12-6-11-20-21)14-16-8-3-2-4-9-16/h2-14H,1H3/b18-14-. The molecule has 0 spiro atoms. The number of Topliss-reactive ketones (excluding diaryl/α,β-unsaturated/α-hetero) is 1. The molecule has 3 aromatic rings. The van der Waals surface area contributed by atoms with Gasteiger partial charge in [-0.1, -0.05) is 54.1 Å². The number of aryl methyl sites for hydroxylation is 1. The maximum atomic E-state index is 12.9. The fourth-order valence-electron chi connectivity index (χ4n) is 2.29. The van der Waals surface area contributed by atoms with E-state index in [1.165, 1.54) is 0 Å². The number of allylic oxidation sites excluding steroid dienone is 1. The molecule has 0 atom stereocenters. The Morgan fingerprint density at radius 2 is 1.86 bits per heavy atom. The Bertz CT molecular complexity index is 802. The molecule has 0 N–H and O–H groups in total. The molecule has 0 saturated heterocycles. The molecule has 0 aliphatic heterocycles. The second-order valence-electron chi connectivity index (χ2n) is 5.09. The van der Waals surface area contributed by atoms with Gasteiger partial charge in [0.1, 0.15) is 5.70 Å². The highest BCUT2D eigenvalue weighted by atomic mass is 16.1. The summed E-state index contributed by atoms with van der Waals surface area (Å²) in [5.74, 6) is -0.0451. The molecule has 0 radical (unpaired) electrons. The van der Waals surface area contributed by atoms with Crippen LogP contribution >= 0.6 is 0 Å². The fraction of sp³-hybridized carbons (Fsp3) is 0.0526. The topological polar surface area (TPSA) is 34.9 Å². The zero-order valence-corrected chi connectivity index (χ0v) is 12.3. The number of nitrogens with zero attached hydrogens (tertiary/aromatic N) is 2. The first kappa shape index (κ1) is 14.0. The van der Waals surface area contributed by atoms with Crippen molar-refractivity contribution in [3.8, 4) is 0 Å². The van der Waals surface area contributed by atoms with Crippen molar-refractivity contribution in [2.45, 2.75) is 6.92 Å². The van der Waals surface area contributed by atoms with E-state index in [4.69, 9.17) is 0 Å². The summed E-state index contributed by atoms with van der Waals surface area (Å²) in [6, 6.07) is 19.2. The fourth-order valence-corrected chi connectivity index (χ4v) is 2.29. The van der Waals surface area contributed by atoms with Crippen molar-refractivity contribution >= 4 is 17.6 Å². The van der Waals surface area contributed by atoms with E-state index in [0.29, 0.717) is 11.3 Å². The quantitative estimate of drug-likeness (QED) is 0.536. The van der Waals surface area contributed by atoms with Crippen molar-refractivity contribution in [1.29, 1.82) is 0 Å². The van der Waals surface area contributed by atoms with Crippen LogP contribution in [0.25, 0.3) is 11.8 Å². The molecule has 3 rings (SSSR count). The second-order valence-corrected chi connectivity index (χ2v) is 5.09. The van der Waals surface area contributed by atoms with Gasteiger partial charge in [-0.15, -0.1) is 0 Å². The number of hydrogen-bond donors (Lipinski definition) is 0. The molecular formula is C19H16N2O. The summed E-state index contributed by atoms with van der Waals surface area (Å²) < 4.78 is 1.61. The monoisotopic (exact) mass is 288 g/mol. The first-order valence-corrected chi connectivity index (χ1v) is 7.12. The maximum absolute atomic E-state index is 12.9. The van der Waals surface area contributed by atoms with Crippen molar-refractivity contribution in [3.63, 3.8) is 0 Å². The van der Waals surface area contributed by atoms with Gasteiger partial charge in [-0.25, -0.2) is 4.68 Å². The van der Waals surface area contributed by atoms with Crippen molar-refractivity contribution in [3.05, 3.63) is 89.7 Å². The van der Waals surface area contributed by atoms with Crippen LogP contribution < -0.4 is 0 Å². The number of benzene rings is 2. The number of ketones is 1. The molecule has 0 aliphatic carbocycles. The van der Waals surface area contributed by atoms with E-state index in [9.17, 15) is 4.79 Å². The summed E-state index contributed by atoms with van der Waals surface area (Å²) in [4.78, 5) is 12.9. The zero-order valence-electron chi connectivity index (χ0n) is 12.3. The number of carbonyl (C=O) groups excluding carboxylic acids is 1. The van der Waals surface area contributed by atoms with Crippen LogP contribution in [0.2, 0.25) is 0 Å². The highest BCUT2D eigenvalue weighted by Crippen LogP contribution is 2.17. The van der Waals surface area contributed by atoms with Gasteiger partial charge in [0.25, 0.3) is 0 Å². The molecule has 2 aromatic carbocycles. The third-order valence-corrected chi connectivity index (χ3v) is 3.37. The summed E-state index contributed by atoms with van der Waals surface area (Å²) in [5.41, 5.74) is 3.22. The highest BCUT2D eigenvalue weighted by molar-refractivity contribution is 6.27. The molecule has 1 heterocycles. The Morgan fingerprint density at radius 3 is 2.55 bits per heavy atom. The Kier molecular flexibility index (Phi) is 3.97.